The fourth-order valence-electron chi connectivity index (χ4n) is 3.88. The number of anilines is 2. The molecule has 0 unspecified atom stereocenters. The minimum atomic E-state index is -0.292. The van der Waals surface area contributed by atoms with Crippen LogP contribution in [-0.4, -0.2) is 15.6 Å². The van der Waals surface area contributed by atoms with Gasteiger partial charge < -0.3 is 9.88 Å². The van der Waals surface area contributed by atoms with Crippen molar-refractivity contribution in [2.24, 2.45) is 4.99 Å². The van der Waals surface area contributed by atoms with Gasteiger partial charge in [-0.15, -0.1) is 0 Å². The van der Waals surface area contributed by atoms with E-state index in [4.69, 9.17) is 9.98 Å². The Kier molecular flexibility index (Phi) is 5.34. The highest BCUT2D eigenvalue weighted by Gasteiger charge is 2.16. The van der Waals surface area contributed by atoms with E-state index in [2.05, 4.69) is 9.88 Å². The Morgan fingerprint density at radius 1 is 0.848 bits per heavy atom. The first-order valence-corrected chi connectivity index (χ1v) is 10.8. The SMILES string of the molecule is CC(C)N=c1cc2n(-c3ccc(F)cc3)c3ccccc3nc-2cc1Nc1ccc(F)cc1. The molecule has 0 amide bonds. The number of halogens is 2. The van der Waals surface area contributed by atoms with E-state index in [1.165, 1.54) is 24.3 Å². The molecule has 1 N–H and O–H groups in total. The Morgan fingerprint density at radius 2 is 1.52 bits per heavy atom. The fraction of sp³-hybridized carbons (Fsp3) is 0.111. The Balaban J connectivity index is 1.80. The second-order valence-corrected chi connectivity index (χ2v) is 8.13. The minimum absolute atomic E-state index is 0.0592. The Hall–Kier alpha value is -4.06. The van der Waals surface area contributed by atoms with Crippen LogP contribution < -0.4 is 10.7 Å². The van der Waals surface area contributed by atoms with Gasteiger partial charge >= 0.3 is 0 Å². The third kappa shape index (κ3) is 4.20. The number of fused-ring (bicyclic) bond motifs is 2. The third-order valence-electron chi connectivity index (χ3n) is 5.30. The van der Waals surface area contributed by atoms with Crippen LogP contribution in [0, 0.1) is 11.6 Å². The number of para-hydroxylation sites is 2. The summed E-state index contributed by atoms with van der Waals surface area (Å²) < 4.78 is 29.1. The van der Waals surface area contributed by atoms with Gasteiger partial charge in [-0.2, -0.15) is 0 Å². The second-order valence-electron chi connectivity index (χ2n) is 8.13. The van der Waals surface area contributed by atoms with Crippen molar-refractivity contribution in [3.8, 4) is 17.1 Å². The van der Waals surface area contributed by atoms with Gasteiger partial charge in [0.1, 0.15) is 11.6 Å². The van der Waals surface area contributed by atoms with Gasteiger partial charge in [0.25, 0.3) is 0 Å². The average molecular weight is 440 g/mol. The molecule has 3 aromatic rings. The van der Waals surface area contributed by atoms with Crippen LogP contribution >= 0.6 is 0 Å². The van der Waals surface area contributed by atoms with Crippen LogP contribution in [0.2, 0.25) is 0 Å². The van der Waals surface area contributed by atoms with Crippen LogP contribution in [0.1, 0.15) is 13.8 Å². The van der Waals surface area contributed by atoms with E-state index in [1.54, 1.807) is 24.3 Å². The number of aromatic nitrogens is 2. The summed E-state index contributed by atoms with van der Waals surface area (Å²) in [7, 11) is 0. The lowest BCUT2D eigenvalue weighted by Crippen LogP contribution is -2.16. The van der Waals surface area contributed by atoms with Gasteiger partial charge in [-0.25, -0.2) is 13.8 Å². The highest BCUT2D eigenvalue weighted by atomic mass is 19.1. The number of hydrogen-bond donors (Lipinski definition) is 1. The van der Waals surface area contributed by atoms with Gasteiger partial charge in [0, 0.05) is 17.4 Å². The molecule has 0 radical (unpaired) electrons. The number of nitrogens with zero attached hydrogens (tertiary/aromatic N) is 3. The van der Waals surface area contributed by atoms with Crippen molar-refractivity contribution in [1.82, 2.24) is 9.55 Å². The van der Waals surface area contributed by atoms with Gasteiger partial charge in [0.2, 0.25) is 0 Å². The van der Waals surface area contributed by atoms with Crippen LogP contribution in [0.3, 0.4) is 0 Å². The maximum Gasteiger partial charge on any atom is 0.123 e. The van der Waals surface area contributed by atoms with Crippen molar-refractivity contribution in [1.29, 1.82) is 0 Å². The zero-order valence-corrected chi connectivity index (χ0v) is 18.3. The third-order valence-corrected chi connectivity index (χ3v) is 5.30. The van der Waals surface area contributed by atoms with Crippen LogP contribution in [0.15, 0.2) is 89.9 Å². The Bertz CT molecular complexity index is 1470. The summed E-state index contributed by atoms with van der Waals surface area (Å²) >= 11 is 0. The molecule has 1 heterocycles. The molecule has 3 aromatic carbocycles. The molecule has 0 bridgehead atoms. The number of benzene rings is 4. The van der Waals surface area contributed by atoms with Gasteiger partial charge in [-0.1, -0.05) is 12.1 Å². The lowest BCUT2D eigenvalue weighted by molar-refractivity contribution is 0.627. The maximum atomic E-state index is 13.7. The first kappa shape index (κ1) is 20.8. The summed E-state index contributed by atoms with van der Waals surface area (Å²) in [6.07, 6.45) is 0. The molecule has 0 aromatic heterocycles. The number of nitrogens with one attached hydrogen (secondary N) is 1. The van der Waals surface area contributed by atoms with Crippen molar-refractivity contribution in [2.75, 3.05) is 5.32 Å². The molecule has 1 aliphatic carbocycles. The quantitative estimate of drug-likeness (QED) is 0.326. The van der Waals surface area contributed by atoms with Crippen molar-refractivity contribution in [3.63, 3.8) is 0 Å². The van der Waals surface area contributed by atoms with Gasteiger partial charge in [-0.3, -0.25) is 4.99 Å². The van der Waals surface area contributed by atoms with Crippen molar-refractivity contribution >= 4 is 22.4 Å². The molecule has 6 heteroatoms. The molecule has 33 heavy (non-hydrogen) atoms. The van der Waals surface area contributed by atoms with E-state index in [1.807, 2.05) is 50.2 Å². The number of hydrogen-bond acceptors (Lipinski definition) is 3. The molecular formula is C27H22F2N4. The molecule has 0 fully saturated rings. The smallest absolute Gasteiger partial charge is 0.123 e. The first-order chi connectivity index (χ1) is 16.0. The molecule has 1 aliphatic heterocycles. The van der Waals surface area contributed by atoms with Gasteiger partial charge in [-0.05, 0) is 86.6 Å². The van der Waals surface area contributed by atoms with Crippen LogP contribution in [0.5, 0.6) is 0 Å². The predicted molar refractivity (Wildman–Crippen MR) is 128 cm³/mol. The molecule has 0 spiro atoms. The average Bonchev–Trinajstić information content (AvgIpc) is 2.80. The summed E-state index contributed by atoms with van der Waals surface area (Å²) in [5.74, 6) is -0.581. The maximum absolute atomic E-state index is 13.7. The second kappa shape index (κ2) is 8.47. The number of rotatable bonds is 4. The topological polar surface area (TPSA) is 42.2 Å². The normalized spacial score (nSPS) is 12.1. The van der Waals surface area contributed by atoms with Crippen molar-refractivity contribution < 1.29 is 8.78 Å². The lowest BCUT2D eigenvalue weighted by atomic mass is 10.1. The van der Waals surface area contributed by atoms with E-state index in [0.717, 1.165) is 44.8 Å². The predicted octanol–water partition coefficient (Wildman–Crippen LogP) is 6.46. The summed E-state index contributed by atoms with van der Waals surface area (Å²) in [5.41, 5.74) is 5.69. The van der Waals surface area contributed by atoms with E-state index < -0.39 is 0 Å². The van der Waals surface area contributed by atoms with E-state index in [0.29, 0.717) is 0 Å². The van der Waals surface area contributed by atoms with E-state index in [9.17, 15) is 8.78 Å². The Morgan fingerprint density at radius 3 is 2.21 bits per heavy atom. The zero-order valence-electron chi connectivity index (χ0n) is 18.3. The highest BCUT2D eigenvalue weighted by Crippen LogP contribution is 2.30. The van der Waals surface area contributed by atoms with Gasteiger partial charge in [0.05, 0.1) is 33.5 Å². The van der Waals surface area contributed by atoms with Crippen LogP contribution in [0.25, 0.3) is 28.1 Å². The summed E-state index contributed by atoms with van der Waals surface area (Å²) in [6, 6.07) is 24.5. The Labute approximate surface area is 190 Å². The molecule has 5 rings (SSSR count). The standard InChI is InChI=1S/C27H22F2N4/c1-17(2)30-24-16-27-25(15-23(24)31-20-11-7-18(28)8-12-20)32-22-5-3-4-6-26(22)33(27)21-13-9-19(29)10-14-21/h3-17,31H,1-2H3. The molecular weight excluding hydrogens is 418 g/mol. The van der Waals surface area contributed by atoms with E-state index in [-0.39, 0.29) is 17.7 Å². The molecule has 0 saturated carbocycles. The molecule has 164 valence electrons. The van der Waals surface area contributed by atoms with Crippen LogP contribution in [0.4, 0.5) is 20.2 Å². The molecule has 0 atom stereocenters. The summed E-state index contributed by atoms with van der Waals surface area (Å²) in [5, 5.41) is 4.11. The minimum Gasteiger partial charge on any atom is -0.354 e. The summed E-state index contributed by atoms with van der Waals surface area (Å²) in [4.78, 5) is 9.70. The largest absolute Gasteiger partial charge is 0.354 e. The summed E-state index contributed by atoms with van der Waals surface area (Å²) in [6.45, 7) is 4.02. The lowest BCUT2D eigenvalue weighted by Gasteiger charge is -2.20. The molecule has 2 aliphatic rings. The fourth-order valence-corrected chi connectivity index (χ4v) is 3.88. The van der Waals surface area contributed by atoms with Crippen molar-refractivity contribution in [3.05, 3.63) is 102 Å². The van der Waals surface area contributed by atoms with E-state index >= 15 is 0 Å². The van der Waals surface area contributed by atoms with Gasteiger partial charge in [0.15, 0.2) is 0 Å². The monoisotopic (exact) mass is 440 g/mol. The molecule has 0 saturated heterocycles. The first-order valence-electron chi connectivity index (χ1n) is 10.8. The van der Waals surface area contributed by atoms with Crippen molar-refractivity contribution in [2.45, 2.75) is 19.9 Å². The molecule has 4 nitrogen and oxygen atoms in total. The van der Waals surface area contributed by atoms with Crippen LogP contribution in [-0.2, 0) is 0 Å². The highest BCUT2D eigenvalue weighted by molar-refractivity contribution is 5.84. The zero-order chi connectivity index (χ0) is 22.9.